The number of phenolic OH excluding ortho intramolecular Hbond substituents is 1. The molecule has 15 atom stereocenters. The summed E-state index contributed by atoms with van der Waals surface area (Å²) in [5, 5.41) is 113. The average molecular weight is 771 g/mol. The molecular weight excluding hydrogens is 728 g/mol. The Morgan fingerprint density at radius 2 is 1.26 bits per heavy atom. The van der Waals surface area contributed by atoms with Crippen molar-refractivity contribution in [1.29, 1.82) is 0 Å². The number of aromatic hydroxyl groups is 1. The lowest BCUT2D eigenvalue weighted by Crippen LogP contribution is -2.64. The largest absolute Gasteiger partial charge is 0.507 e. The van der Waals surface area contributed by atoms with Gasteiger partial charge in [-0.25, -0.2) is 0 Å². The smallest absolute Gasteiger partial charge is 0.239 e. The summed E-state index contributed by atoms with van der Waals surface area (Å²) in [4.78, 5) is 14.2. The molecule has 0 radical (unpaired) electrons. The molecule has 0 aliphatic carbocycles. The van der Waals surface area contributed by atoms with Gasteiger partial charge in [-0.15, -0.1) is 0 Å². The van der Waals surface area contributed by atoms with Crippen LogP contribution in [0.15, 0.2) is 45.6 Å². The van der Waals surface area contributed by atoms with Gasteiger partial charge in [-0.05, 0) is 31.2 Å². The first-order chi connectivity index (χ1) is 25.7. The topological polar surface area (TPSA) is 317 Å². The van der Waals surface area contributed by atoms with E-state index in [2.05, 4.69) is 0 Å². The number of benzene rings is 2. The highest BCUT2D eigenvalue weighted by atomic mass is 16.8. The van der Waals surface area contributed by atoms with Crippen molar-refractivity contribution in [3.05, 3.63) is 46.6 Å². The summed E-state index contributed by atoms with van der Waals surface area (Å²) in [5.41, 5.74) is -1.02. The molecule has 3 aliphatic heterocycles. The van der Waals surface area contributed by atoms with Crippen LogP contribution in [0.3, 0.4) is 0 Å². The summed E-state index contributed by atoms with van der Waals surface area (Å²) in [6.45, 7) is -0.147. The predicted molar refractivity (Wildman–Crippen MR) is 176 cm³/mol. The minimum absolute atomic E-state index is 0.0487. The number of hydrogen-bond donors (Lipinski definition) is 11. The van der Waals surface area contributed by atoms with Crippen molar-refractivity contribution in [3.63, 3.8) is 0 Å². The zero-order chi connectivity index (χ0) is 39.2. The third-order valence-electron chi connectivity index (χ3n) is 9.52. The minimum Gasteiger partial charge on any atom is -0.507 e. The lowest BCUT2D eigenvalue weighted by molar-refractivity contribution is -0.354. The standard InChI is InChI=1S/C34H42O20/c1-11-20(38)24(42)27(45)32(48-11)54-31-26(44)22(40)18(10-36)52-34(31)53-30-23(41)19-15(37)7-14(47-2)8-16(19)50-29(30)12-3-5-13(6-4-12)49-33-28(46)25(43)21(39)17(9-35)51-33/h3-8,11,17-18,20-22,24-28,31-40,42-46H,9-10H2,1-2H3/t11-,17+,18+,20-,21+,22+,24+,25-,26-,27+,28+,31+,32-,33+,34-/m0/s1. The Bertz CT molecular complexity index is 1800. The zero-order valence-electron chi connectivity index (χ0n) is 28.6. The fourth-order valence-corrected chi connectivity index (χ4v) is 6.35. The van der Waals surface area contributed by atoms with Gasteiger partial charge in [0, 0.05) is 17.7 Å². The van der Waals surface area contributed by atoms with E-state index in [1.165, 1.54) is 44.4 Å². The highest BCUT2D eigenvalue weighted by Crippen LogP contribution is 2.39. The molecule has 0 unspecified atom stereocenters. The quantitative estimate of drug-likeness (QED) is 0.0948. The molecule has 0 spiro atoms. The Morgan fingerprint density at radius 1 is 0.667 bits per heavy atom. The van der Waals surface area contributed by atoms with Crippen molar-refractivity contribution in [2.75, 3.05) is 20.3 Å². The van der Waals surface area contributed by atoms with Crippen LogP contribution in [0.5, 0.6) is 23.0 Å². The highest BCUT2D eigenvalue weighted by Gasteiger charge is 2.51. The summed E-state index contributed by atoms with van der Waals surface area (Å²) in [5.74, 6) is -1.35. The fraction of sp³-hybridized carbons (Fsp3) is 0.559. The van der Waals surface area contributed by atoms with Crippen molar-refractivity contribution in [3.8, 4) is 34.3 Å². The first-order valence-corrected chi connectivity index (χ1v) is 16.8. The second-order valence-corrected chi connectivity index (χ2v) is 13.1. The molecule has 3 saturated heterocycles. The fourth-order valence-electron chi connectivity index (χ4n) is 6.35. The van der Waals surface area contributed by atoms with E-state index in [-0.39, 0.29) is 33.8 Å². The molecule has 11 N–H and O–H groups in total. The Hall–Kier alpha value is -3.71. The van der Waals surface area contributed by atoms with Crippen LogP contribution in [0.1, 0.15) is 6.92 Å². The molecule has 0 amide bonds. The molecule has 20 nitrogen and oxygen atoms in total. The van der Waals surface area contributed by atoms with Gasteiger partial charge in [-0.3, -0.25) is 4.79 Å². The second kappa shape index (κ2) is 16.2. The Kier molecular flexibility index (Phi) is 12.0. The Labute approximate surface area is 305 Å². The van der Waals surface area contributed by atoms with Crippen molar-refractivity contribution >= 4 is 11.0 Å². The van der Waals surface area contributed by atoms with Crippen molar-refractivity contribution in [2.45, 2.75) is 99.0 Å². The van der Waals surface area contributed by atoms with Gasteiger partial charge in [-0.2, -0.15) is 0 Å². The number of ether oxygens (including phenoxy) is 7. The SMILES string of the molecule is COc1cc(O)c2c(=O)c(O[C@@H]3O[C@H](CO)[C@@H](O)[C@H](O)[C@H]3O[C@@H]3O[C@@H](C)[C@H](O)[C@@H](O)[C@H]3O)c(-c3ccc(O[C@@H]4O[C@H](CO)[C@@H](O)[C@H](O)[C@H]4O)cc3)oc2c1. The van der Waals surface area contributed by atoms with Crippen molar-refractivity contribution < 1.29 is 93.7 Å². The molecule has 20 heteroatoms. The summed E-state index contributed by atoms with van der Waals surface area (Å²) in [6.07, 6.45) is -24.6. The van der Waals surface area contributed by atoms with Gasteiger partial charge in [0.05, 0.1) is 26.4 Å². The third kappa shape index (κ3) is 7.46. The number of aliphatic hydroxyl groups is 10. The van der Waals surface area contributed by atoms with E-state index in [1.54, 1.807) is 0 Å². The molecule has 3 fully saturated rings. The maximum Gasteiger partial charge on any atom is 0.239 e. The Morgan fingerprint density at radius 3 is 1.89 bits per heavy atom. The number of methoxy groups -OCH3 is 1. The summed E-state index contributed by atoms with van der Waals surface area (Å²) >= 11 is 0. The van der Waals surface area contributed by atoms with Crippen LogP contribution >= 0.6 is 0 Å². The van der Waals surface area contributed by atoms with Crippen molar-refractivity contribution in [2.24, 2.45) is 0 Å². The van der Waals surface area contributed by atoms with Crippen LogP contribution in [0.25, 0.3) is 22.3 Å². The first kappa shape index (κ1) is 40.0. The molecule has 6 rings (SSSR count). The van der Waals surface area contributed by atoms with E-state index >= 15 is 0 Å². The number of rotatable bonds is 10. The van der Waals surface area contributed by atoms with Crippen LogP contribution in [-0.2, 0) is 18.9 Å². The molecule has 298 valence electrons. The molecule has 0 bridgehead atoms. The van der Waals surface area contributed by atoms with Gasteiger partial charge in [-0.1, -0.05) is 0 Å². The van der Waals surface area contributed by atoms with Crippen LogP contribution in [0, 0.1) is 0 Å². The number of hydrogen-bond acceptors (Lipinski definition) is 20. The van der Waals surface area contributed by atoms with Gasteiger partial charge in [0.15, 0.2) is 18.2 Å². The van der Waals surface area contributed by atoms with Crippen LogP contribution < -0.4 is 19.6 Å². The van der Waals surface area contributed by atoms with E-state index < -0.39 is 122 Å². The van der Waals surface area contributed by atoms with Gasteiger partial charge in [0.1, 0.15) is 89.3 Å². The predicted octanol–water partition coefficient (Wildman–Crippen LogP) is -3.62. The van der Waals surface area contributed by atoms with E-state index in [0.29, 0.717) is 0 Å². The van der Waals surface area contributed by atoms with Gasteiger partial charge < -0.3 is 93.7 Å². The average Bonchev–Trinajstić information content (AvgIpc) is 3.16. The third-order valence-corrected chi connectivity index (χ3v) is 9.52. The van der Waals surface area contributed by atoms with Gasteiger partial charge in [0.25, 0.3) is 0 Å². The molecule has 4 heterocycles. The van der Waals surface area contributed by atoms with E-state index in [1.807, 2.05) is 0 Å². The van der Waals surface area contributed by atoms with Gasteiger partial charge >= 0.3 is 0 Å². The van der Waals surface area contributed by atoms with Crippen LogP contribution in [0.2, 0.25) is 0 Å². The zero-order valence-corrected chi connectivity index (χ0v) is 28.6. The minimum atomic E-state index is -1.93. The molecule has 54 heavy (non-hydrogen) atoms. The monoisotopic (exact) mass is 770 g/mol. The molecule has 0 saturated carbocycles. The van der Waals surface area contributed by atoms with E-state index in [9.17, 15) is 61.0 Å². The second-order valence-electron chi connectivity index (χ2n) is 13.1. The summed E-state index contributed by atoms with van der Waals surface area (Å²) < 4.78 is 45.4. The molecule has 3 aromatic rings. The molecule has 3 aliphatic rings. The summed E-state index contributed by atoms with van der Waals surface area (Å²) in [7, 11) is 1.32. The normalized spacial score (nSPS) is 37.2. The number of phenols is 1. The first-order valence-electron chi connectivity index (χ1n) is 16.8. The number of aliphatic hydroxyl groups excluding tert-OH is 10. The van der Waals surface area contributed by atoms with Crippen molar-refractivity contribution in [1.82, 2.24) is 0 Å². The van der Waals surface area contributed by atoms with Gasteiger partial charge in [0.2, 0.25) is 23.8 Å². The molecular formula is C34H42O20. The molecule has 1 aromatic heterocycles. The summed E-state index contributed by atoms with van der Waals surface area (Å²) in [6, 6.07) is 7.90. The van der Waals surface area contributed by atoms with E-state index in [4.69, 9.17) is 37.6 Å². The highest BCUT2D eigenvalue weighted by molar-refractivity contribution is 5.88. The van der Waals surface area contributed by atoms with Crippen LogP contribution in [0.4, 0.5) is 0 Å². The molecule has 2 aromatic carbocycles. The Balaban J connectivity index is 1.38. The van der Waals surface area contributed by atoms with Crippen LogP contribution in [-0.4, -0.2) is 169 Å². The lowest BCUT2D eigenvalue weighted by Gasteiger charge is -2.45. The van der Waals surface area contributed by atoms with E-state index in [0.717, 1.165) is 6.07 Å². The maximum atomic E-state index is 14.2. The maximum absolute atomic E-state index is 14.2. The lowest BCUT2D eigenvalue weighted by atomic mass is 9.97. The number of fused-ring (bicyclic) bond motifs is 1.